The van der Waals surface area contributed by atoms with Crippen molar-refractivity contribution in [1.82, 2.24) is 0 Å². The summed E-state index contributed by atoms with van der Waals surface area (Å²) >= 11 is 0. The molecule has 0 aromatic heterocycles. The minimum absolute atomic E-state index is 0.468. The molecule has 128 valence electrons. The van der Waals surface area contributed by atoms with Crippen molar-refractivity contribution in [2.24, 2.45) is 0 Å². The van der Waals surface area contributed by atoms with Gasteiger partial charge in [0.1, 0.15) is 15.0 Å². The summed E-state index contributed by atoms with van der Waals surface area (Å²) in [5.74, 6) is -12.1. The van der Waals surface area contributed by atoms with E-state index in [0.29, 0.717) is 18.2 Å². The van der Waals surface area contributed by atoms with Crippen molar-refractivity contribution in [3.63, 3.8) is 0 Å². The van der Waals surface area contributed by atoms with Crippen LogP contribution in [-0.2, 0) is 10.1 Å². The number of rotatable bonds is 3. The minimum Gasteiger partial charge on any atom is -0.744 e. The van der Waals surface area contributed by atoms with Crippen LogP contribution >= 0.6 is 0 Å². The van der Waals surface area contributed by atoms with Crippen LogP contribution in [0.15, 0.2) is 23.1 Å². The number of hydrogen-bond donors (Lipinski definition) is 0. The lowest BCUT2D eigenvalue weighted by Crippen LogP contribution is -2.08. The molecule has 0 saturated carbocycles. The van der Waals surface area contributed by atoms with Crippen molar-refractivity contribution < 1.29 is 39.8 Å². The van der Waals surface area contributed by atoms with Gasteiger partial charge in [-0.15, -0.1) is 0 Å². The van der Waals surface area contributed by atoms with Crippen LogP contribution in [0.2, 0.25) is 0 Å². The van der Waals surface area contributed by atoms with Crippen LogP contribution in [0, 0.1) is 39.2 Å². The van der Waals surface area contributed by atoms with Gasteiger partial charge in [0.25, 0.3) is 5.69 Å². The number of para-hydroxylation sites is 1. The maximum atomic E-state index is 13.8. The summed E-state index contributed by atoms with van der Waals surface area (Å²) in [4.78, 5) is 8.07. The molecule has 0 saturated heterocycles. The van der Waals surface area contributed by atoms with Gasteiger partial charge in [0.15, 0.2) is 23.3 Å². The van der Waals surface area contributed by atoms with Crippen LogP contribution < -0.4 is 0 Å². The van der Waals surface area contributed by atoms with Gasteiger partial charge in [-0.1, -0.05) is 6.07 Å². The van der Waals surface area contributed by atoms with E-state index in [1.165, 1.54) is 0 Å². The summed E-state index contributed by atoms with van der Waals surface area (Å²) in [5, 5.41) is 11.0. The van der Waals surface area contributed by atoms with Crippen LogP contribution in [0.25, 0.3) is 11.1 Å². The third kappa shape index (κ3) is 2.69. The molecule has 0 N–H and O–H groups in total. The van der Waals surface area contributed by atoms with Crippen LogP contribution in [-0.4, -0.2) is 17.9 Å². The minimum atomic E-state index is -5.46. The number of hydrogen-bond acceptors (Lipinski definition) is 5. The van der Waals surface area contributed by atoms with Crippen molar-refractivity contribution in [3.8, 4) is 11.1 Å². The Bertz CT molecular complexity index is 947. The zero-order valence-electron chi connectivity index (χ0n) is 11.0. The number of benzene rings is 2. The average Bonchev–Trinajstić information content (AvgIpc) is 2.50. The highest BCUT2D eigenvalue weighted by atomic mass is 32.2. The molecule has 24 heavy (non-hydrogen) atoms. The van der Waals surface area contributed by atoms with Gasteiger partial charge in [-0.05, 0) is 12.1 Å². The largest absolute Gasteiger partial charge is 0.744 e. The second kappa shape index (κ2) is 5.79. The van der Waals surface area contributed by atoms with Crippen LogP contribution in [0.4, 0.5) is 27.6 Å². The van der Waals surface area contributed by atoms with E-state index >= 15 is 0 Å². The molecule has 2 aromatic rings. The van der Waals surface area contributed by atoms with E-state index in [2.05, 4.69) is 0 Å². The lowest BCUT2D eigenvalue weighted by molar-refractivity contribution is -0.387. The standard InChI is InChI=1S/C12H4F5NO5S/c13-7-6(8(14)10(16)11(17)9(7)15)4-2-1-3-5(24(21,22)23)12(4)18(19)20/h1-3H,(H,21,22,23)/p-1. The lowest BCUT2D eigenvalue weighted by atomic mass is 10.0. The van der Waals surface area contributed by atoms with E-state index in [0.717, 1.165) is 0 Å². The normalized spacial score (nSPS) is 11.6. The van der Waals surface area contributed by atoms with Gasteiger partial charge >= 0.3 is 0 Å². The molecular formula is C12H3F5NO5S-. The molecule has 2 rings (SSSR count). The van der Waals surface area contributed by atoms with Gasteiger partial charge in [-0.2, -0.15) is 0 Å². The summed E-state index contributed by atoms with van der Waals surface area (Å²) in [7, 11) is -5.46. The molecule has 0 amide bonds. The van der Waals surface area contributed by atoms with E-state index in [1.54, 1.807) is 0 Å². The second-order valence-electron chi connectivity index (χ2n) is 4.31. The summed E-state index contributed by atoms with van der Waals surface area (Å²) in [6, 6.07) is 1.70. The molecule has 0 aliphatic carbocycles. The molecule has 0 unspecified atom stereocenters. The first-order chi connectivity index (χ1) is 11.0. The molecule has 6 nitrogen and oxygen atoms in total. The Hall–Kier alpha value is -2.60. The van der Waals surface area contributed by atoms with Crippen molar-refractivity contribution in [1.29, 1.82) is 0 Å². The number of halogens is 5. The molecular weight excluding hydrogens is 365 g/mol. The van der Waals surface area contributed by atoms with E-state index in [1.807, 2.05) is 0 Å². The summed E-state index contributed by atoms with van der Waals surface area (Å²) in [6.07, 6.45) is 0. The number of nitrogens with zero attached hydrogens (tertiary/aromatic N) is 1. The molecule has 12 heteroatoms. The first-order valence-corrected chi connectivity index (χ1v) is 7.14. The summed E-state index contributed by atoms with van der Waals surface area (Å²) in [6.45, 7) is 0. The van der Waals surface area contributed by atoms with Gasteiger partial charge in [-0.25, -0.2) is 30.4 Å². The smallest absolute Gasteiger partial charge is 0.294 e. The Morgan fingerprint density at radius 2 is 1.33 bits per heavy atom. The Morgan fingerprint density at radius 1 is 0.875 bits per heavy atom. The zero-order chi connectivity index (χ0) is 18.4. The van der Waals surface area contributed by atoms with Crippen molar-refractivity contribution in [2.45, 2.75) is 4.90 Å². The molecule has 0 radical (unpaired) electrons. The molecule has 0 spiro atoms. The van der Waals surface area contributed by atoms with E-state index < -0.39 is 65.8 Å². The Labute approximate surface area is 130 Å². The van der Waals surface area contributed by atoms with Crippen LogP contribution in [0.1, 0.15) is 0 Å². The zero-order valence-corrected chi connectivity index (χ0v) is 11.8. The lowest BCUT2D eigenvalue weighted by Gasteiger charge is -2.13. The highest BCUT2D eigenvalue weighted by molar-refractivity contribution is 7.85. The molecule has 0 fully saturated rings. The Kier molecular flexibility index (Phi) is 4.29. The van der Waals surface area contributed by atoms with Gasteiger partial charge in [-0.3, -0.25) is 10.1 Å². The average molecular weight is 368 g/mol. The van der Waals surface area contributed by atoms with Crippen LogP contribution in [0.3, 0.4) is 0 Å². The third-order valence-corrected chi connectivity index (χ3v) is 3.80. The topological polar surface area (TPSA) is 100 Å². The monoisotopic (exact) mass is 368 g/mol. The van der Waals surface area contributed by atoms with Gasteiger partial charge in [0.2, 0.25) is 5.82 Å². The molecule has 2 aromatic carbocycles. The summed E-state index contributed by atoms with van der Waals surface area (Å²) < 4.78 is 100. The van der Waals surface area contributed by atoms with E-state index in [9.17, 15) is 45.0 Å². The van der Waals surface area contributed by atoms with E-state index in [-0.39, 0.29) is 0 Å². The van der Waals surface area contributed by atoms with Crippen molar-refractivity contribution in [2.75, 3.05) is 0 Å². The quantitative estimate of drug-likeness (QED) is 0.207. The van der Waals surface area contributed by atoms with Gasteiger partial charge < -0.3 is 4.55 Å². The number of nitro groups is 1. The SMILES string of the molecule is O=[N+]([O-])c1c(-c2c(F)c(F)c(F)c(F)c2F)cccc1S(=O)(=O)[O-]. The molecule has 0 aliphatic rings. The Morgan fingerprint density at radius 3 is 1.75 bits per heavy atom. The van der Waals surface area contributed by atoms with Crippen LogP contribution in [0.5, 0.6) is 0 Å². The van der Waals surface area contributed by atoms with Gasteiger partial charge in [0.05, 0.1) is 16.1 Å². The fourth-order valence-corrected chi connectivity index (χ4v) is 2.62. The highest BCUT2D eigenvalue weighted by Crippen LogP contribution is 2.39. The molecule has 0 atom stereocenters. The molecule has 0 aliphatic heterocycles. The molecule has 0 bridgehead atoms. The predicted octanol–water partition coefficient (Wildman–Crippen LogP) is 2.86. The fourth-order valence-electron chi connectivity index (χ4n) is 1.96. The van der Waals surface area contributed by atoms with Crippen molar-refractivity contribution in [3.05, 3.63) is 57.4 Å². The number of nitro benzene ring substituents is 1. The maximum absolute atomic E-state index is 13.8. The van der Waals surface area contributed by atoms with Crippen molar-refractivity contribution >= 4 is 15.8 Å². The highest BCUT2D eigenvalue weighted by Gasteiger charge is 2.32. The Balaban J connectivity index is 3.03. The predicted molar refractivity (Wildman–Crippen MR) is 66.3 cm³/mol. The fraction of sp³-hybridized carbons (Fsp3) is 0. The van der Waals surface area contributed by atoms with E-state index in [4.69, 9.17) is 0 Å². The first kappa shape index (κ1) is 17.7. The first-order valence-electron chi connectivity index (χ1n) is 5.73. The molecule has 0 heterocycles. The van der Waals surface area contributed by atoms with Gasteiger partial charge in [0, 0.05) is 0 Å². The third-order valence-electron chi connectivity index (χ3n) is 2.93. The second-order valence-corrected chi connectivity index (χ2v) is 5.66. The summed E-state index contributed by atoms with van der Waals surface area (Å²) in [5.41, 5.74) is -4.57. The maximum Gasteiger partial charge on any atom is 0.294 e.